The molecule has 0 aromatic heterocycles. The van der Waals surface area contributed by atoms with E-state index in [1.54, 1.807) is 0 Å². The van der Waals surface area contributed by atoms with Crippen molar-refractivity contribution in [2.24, 2.45) is 0 Å². The van der Waals surface area contributed by atoms with E-state index in [1.807, 2.05) is 0 Å². The lowest BCUT2D eigenvalue weighted by Gasteiger charge is -2.07. The second kappa shape index (κ2) is 6.69. The summed E-state index contributed by atoms with van der Waals surface area (Å²) in [6, 6.07) is 4.22. The SMILES string of the molecule is CS(=O)(=O)NCCCNc1cc(Cl)ccc1[N+](=O)[O-]. The molecule has 0 amide bonds. The highest BCUT2D eigenvalue weighted by atomic mass is 35.5. The first-order valence-corrected chi connectivity index (χ1v) is 7.69. The summed E-state index contributed by atoms with van der Waals surface area (Å²) in [6.07, 6.45) is 1.57. The molecule has 0 atom stereocenters. The third-order valence-electron chi connectivity index (χ3n) is 2.19. The Hall–Kier alpha value is -1.38. The number of anilines is 1. The highest BCUT2D eigenvalue weighted by Gasteiger charge is 2.13. The molecule has 1 aromatic carbocycles. The summed E-state index contributed by atoms with van der Waals surface area (Å²) in [7, 11) is -3.20. The highest BCUT2D eigenvalue weighted by molar-refractivity contribution is 7.88. The quantitative estimate of drug-likeness (QED) is 0.452. The number of rotatable bonds is 7. The molecule has 0 aliphatic rings. The van der Waals surface area contributed by atoms with Crippen LogP contribution in [0.5, 0.6) is 0 Å². The van der Waals surface area contributed by atoms with Crippen molar-refractivity contribution in [3.05, 3.63) is 33.3 Å². The number of nitrogens with one attached hydrogen (secondary N) is 2. The van der Waals surface area contributed by atoms with Gasteiger partial charge in [0.15, 0.2) is 0 Å². The van der Waals surface area contributed by atoms with Crippen LogP contribution in [0.15, 0.2) is 18.2 Å². The van der Waals surface area contributed by atoms with E-state index in [4.69, 9.17) is 11.6 Å². The average molecular weight is 308 g/mol. The number of halogens is 1. The Balaban J connectivity index is 2.53. The lowest BCUT2D eigenvalue weighted by molar-refractivity contribution is -0.384. The maximum atomic E-state index is 10.8. The van der Waals surface area contributed by atoms with Crippen LogP contribution in [-0.2, 0) is 10.0 Å². The molecule has 1 aromatic rings. The van der Waals surface area contributed by atoms with Crippen molar-refractivity contribution < 1.29 is 13.3 Å². The molecule has 0 saturated carbocycles. The molecule has 0 radical (unpaired) electrons. The summed E-state index contributed by atoms with van der Waals surface area (Å²) < 4.78 is 24.0. The average Bonchev–Trinajstić information content (AvgIpc) is 2.26. The van der Waals surface area contributed by atoms with Crippen molar-refractivity contribution in [2.45, 2.75) is 6.42 Å². The molecule has 0 fully saturated rings. The minimum Gasteiger partial charge on any atom is -0.379 e. The van der Waals surface area contributed by atoms with Crippen LogP contribution in [0.25, 0.3) is 0 Å². The zero-order valence-electron chi connectivity index (χ0n) is 10.2. The normalized spacial score (nSPS) is 11.3. The first-order valence-electron chi connectivity index (χ1n) is 5.42. The van der Waals surface area contributed by atoms with Crippen LogP contribution in [0, 0.1) is 10.1 Å². The molecule has 19 heavy (non-hydrogen) atoms. The topological polar surface area (TPSA) is 101 Å². The van der Waals surface area contributed by atoms with Crippen LogP contribution in [-0.4, -0.2) is 32.7 Å². The Bertz CT molecular complexity index is 562. The standard InChI is InChI=1S/C10H14ClN3O4S/c1-19(17,18)13-6-2-5-12-9-7-8(11)3-4-10(9)14(15)16/h3-4,7,12-13H,2,5-6H2,1H3. The summed E-state index contributed by atoms with van der Waals surface area (Å²) in [5, 5.41) is 14.0. The van der Waals surface area contributed by atoms with E-state index >= 15 is 0 Å². The lowest BCUT2D eigenvalue weighted by atomic mass is 10.2. The fourth-order valence-corrected chi connectivity index (χ4v) is 2.07. The maximum Gasteiger partial charge on any atom is 0.292 e. The van der Waals surface area contributed by atoms with E-state index < -0.39 is 14.9 Å². The van der Waals surface area contributed by atoms with Gasteiger partial charge in [0.2, 0.25) is 10.0 Å². The van der Waals surface area contributed by atoms with Crippen LogP contribution in [0.2, 0.25) is 5.02 Å². The molecule has 0 unspecified atom stereocenters. The van der Waals surface area contributed by atoms with Crippen LogP contribution in [0.3, 0.4) is 0 Å². The Morgan fingerprint density at radius 3 is 2.63 bits per heavy atom. The van der Waals surface area contributed by atoms with Crippen LogP contribution >= 0.6 is 11.6 Å². The van der Waals surface area contributed by atoms with Gasteiger partial charge in [-0.2, -0.15) is 0 Å². The minimum absolute atomic E-state index is 0.0690. The van der Waals surface area contributed by atoms with Crippen LogP contribution < -0.4 is 10.0 Å². The van der Waals surface area contributed by atoms with Gasteiger partial charge in [-0.1, -0.05) is 11.6 Å². The van der Waals surface area contributed by atoms with Gasteiger partial charge in [0.05, 0.1) is 11.2 Å². The number of nitrogens with zero attached hydrogens (tertiary/aromatic N) is 1. The second-order valence-corrected chi connectivity index (χ2v) is 6.13. The molecule has 0 saturated heterocycles. The molecule has 0 bridgehead atoms. The van der Waals surface area contributed by atoms with Gasteiger partial charge in [-0.15, -0.1) is 0 Å². The highest BCUT2D eigenvalue weighted by Crippen LogP contribution is 2.27. The van der Waals surface area contributed by atoms with Gasteiger partial charge >= 0.3 is 0 Å². The minimum atomic E-state index is -3.20. The summed E-state index contributed by atoms with van der Waals surface area (Å²) in [6.45, 7) is 0.657. The second-order valence-electron chi connectivity index (χ2n) is 3.87. The Labute approximate surface area is 116 Å². The number of nitro groups is 1. The first-order chi connectivity index (χ1) is 8.79. The number of hydrogen-bond donors (Lipinski definition) is 2. The Kier molecular flexibility index (Phi) is 5.52. The van der Waals surface area contributed by atoms with Crippen molar-refractivity contribution >= 4 is 33.0 Å². The molecule has 0 heterocycles. The fraction of sp³-hybridized carbons (Fsp3) is 0.400. The molecule has 0 aliphatic heterocycles. The van der Waals surface area contributed by atoms with E-state index in [-0.39, 0.29) is 12.2 Å². The molecular formula is C10H14ClN3O4S. The van der Waals surface area contributed by atoms with Gasteiger partial charge in [0.1, 0.15) is 5.69 Å². The molecule has 0 aliphatic carbocycles. The number of hydrogen-bond acceptors (Lipinski definition) is 5. The molecular weight excluding hydrogens is 294 g/mol. The van der Waals surface area contributed by atoms with Crippen molar-refractivity contribution in [1.29, 1.82) is 0 Å². The van der Waals surface area contributed by atoms with Crippen molar-refractivity contribution in [3.8, 4) is 0 Å². The lowest BCUT2D eigenvalue weighted by Crippen LogP contribution is -2.24. The van der Waals surface area contributed by atoms with Crippen LogP contribution in [0.1, 0.15) is 6.42 Å². The number of nitro benzene ring substituents is 1. The van der Waals surface area contributed by atoms with Crippen molar-refractivity contribution in [3.63, 3.8) is 0 Å². The largest absolute Gasteiger partial charge is 0.379 e. The van der Waals surface area contributed by atoms with Gasteiger partial charge in [-0.3, -0.25) is 10.1 Å². The summed E-state index contributed by atoms with van der Waals surface area (Å²) >= 11 is 5.77. The third kappa shape index (κ3) is 5.86. The zero-order chi connectivity index (χ0) is 14.5. The van der Waals surface area contributed by atoms with Gasteiger partial charge in [0.25, 0.3) is 5.69 Å². The van der Waals surface area contributed by atoms with E-state index in [0.717, 1.165) is 6.26 Å². The van der Waals surface area contributed by atoms with Gasteiger partial charge in [-0.05, 0) is 18.6 Å². The summed E-state index contributed by atoms with van der Waals surface area (Å²) in [4.78, 5) is 10.3. The zero-order valence-corrected chi connectivity index (χ0v) is 11.8. The Morgan fingerprint density at radius 1 is 1.37 bits per heavy atom. The van der Waals surface area contributed by atoms with Crippen molar-refractivity contribution in [1.82, 2.24) is 4.72 Å². The summed E-state index contributed by atoms with van der Waals surface area (Å²) in [5.41, 5.74) is 0.248. The molecule has 7 nitrogen and oxygen atoms in total. The molecule has 9 heteroatoms. The van der Waals surface area contributed by atoms with Gasteiger partial charge in [-0.25, -0.2) is 13.1 Å². The molecule has 0 spiro atoms. The number of benzene rings is 1. The van der Waals surface area contributed by atoms with E-state index in [2.05, 4.69) is 10.0 Å². The van der Waals surface area contributed by atoms with Gasteiger partial charge in [0, 0.05) is 24.2 Å². The monoisotopic (exact) mass is 307 g/mol. The van der Waals surface area contributed by atoms with Crippen LogP contribution in [0.4, 0.5) is 11.4 Å². The predicted octanol–water partition coefficient (Wildman–Crippen LogP) is 1.60. The predicted molar refractivity (Wildman–Crippen MR) is 74.1 cm³/mol. The molecule has 2 N–H and O–H groups in total. The summed E-state index contributed by atoms with van der Waals surface area (Å²) in [5.74, 6) is 0. The van der Waals surface area contributed by atoms with E-state index in [9.17, 15) is 18.5 Å². The Morgan fingerprint density at radius 2 is 2.05 bits per heavy atom. The van der Waals surface area contributed by atoms with E-state index in [0.29, 0.717) is 23.7 Å². The van der Waals surface area contributed by atoms with E-state index in [1.165, 1.54) is 18.2 Å². The maximum absolute atomic E-state index is 10.8. The first kappa shape index (κ1) is 15.7. The fourth-order valence-electron chi connectivity index (χ4n) is 1.38. The number of sulfonamides is 1. The third-order valence-corrected chi connectivity index (χ3v) is 3.15. The smallest absolute Gasteiger partial charge is 0.292 e. The van der Waals surface area contributed by atoms with Gasteiger partial charge < -0.3 is 5.32 Å². The molecule has 1 rings (SSSR count). The van der Waals surface area contributed by atoms with Crippen molar-refractivity contribution in [2.75, 3.05) is 24.7 Å². The molecule has 106 valence electrons.